The largest absolute Gasteiger partial charge is 0.459 e. The Labute approximate surface area is 398 Å². The van der Waals surface area contributed by atoms with Crippen molar-refractivity contribution < 1.29 is 48.5 Å². The van der Waals surface area contributed by atoms with E-state index in [1.807, 2.05) is 54.6 Å². The van der Waals surface area contributed by atoms with Crippen LogP contribution in [0.2, 0.25) is 0 Å². The Balaban J connectivity index is 1.35. The fourth-order valence-electron chi connectivity index (χ4n) is 10.7. The fraction of sp³-hybridized carbons (Fsp3) is 0.444. The van der Waals surface area contributed by atoms with Crippen LogP contribution in [0.3, 0.4) is 0 Å². The minimum absolute atomic E-state index is 0.00997. The molecule has 8 rings (SSSR count). The molecule has 2 N–H and O–H groups in total. The molecule has 4 aromatic rings. The van der Waals surface area contributed by atoms with E-state index in [1.54, 1.807) is 35.3 Å². The van der Waals surface area contributed by atoms with Crippen LogP contribution in [0.25, 0.3) is 10.8 Å². The highest BCUT2D eigenvalue weighted by molar-refractivity contribution is 6.03. The van der Waals surface area contributed by atoms with Gasteiger partial charge in [-0.05, 0) is 103 Å². The van der Waals surface area contributed by atoms with Crippen LogP contribution in [-0.2, 0) is 25.6 Å². The number of unbranched alkanes of at least 4 members (excludes halogenated alkanes) is 2. The second kappa shape index (κ2) is 22.8. The molecule has 0 spiro atoms. The first-order valence-corrected chi connectivity index (χ1v) is 24.1. The molecule has 2 aliphatic carbocycles. The lowest BCUT2D eigenvalue weighted by Gasteiger charge is -2.60. The Kier molecular flexibility index (Phi) is 16.2. The van der Waals surface area contributed by atoms with Crippen molar-refractivity contribution >= 4 is 28.3 Å². The summed E-state index contributed by atoms with van der Waals surface area (Å²) in [4.78, 5) is 34.4. The molecule has 7 atom stereocenters. The minimum atomic E-state index is -1.55. The number of amides is 1. The lowest BCUT2D eigenvalue weighted by atomic mass is 9.55. The fourth-order valence-corrected chi connectivity index (χ4v) is 10.7. The van der Waals surface area contributed by atoms with Gasteiger partial charge in [-0.3, -0.25) is 15.0 Å². The van der Waals surface area contributed by atoms with Crippen molar-refractivity contribution in [3.63, 3.8) is 0 Å². The van der Waals surface area contributed by atoms with Crippen molar-refractivity contribution in [2.45, 2.75) is 101 Å². The van der Waals surface area contributed by atoms with Gasteiger partial charge in [0.2, 0.25) is 12.1 Å². The molecule has 4 aliphatic rings. The SMILES string of the molecule is C=CCCOC(=O)N(Cc1cccc2ccccc12)[C@H]1CC(=NOC2CCCCO2)C2=C[C@H](CCCCO)[C@@H](CCCCO)[C@@H]3c4cc(Oc5cccc([N+](=O)[O-])c5)ccc4O[C@@]1(OCC=C)[C@H]23. The van der Waals surface area contributed by atoms with Gasteiger partial charge in [-0.2, -0.15) is 0 Å². The van der Waals surface area contributed by atoms with Crippen molar-refractivity contribution in [1.82, 2.24) is 4.90 Å². The number of allylic oxidation sites excluding steroid dienone is 1. The third-order valence-electron chi connectivity index (χ3n) is 13.7. The number of nitro benzene ring substituents is 1. The number of rotatable bonds is 22. The molecule has 1 saturated carbocycles. The molecule has 14 heteroatoms. The molecule has 2 heterocycles. The van der Waals surface area contributed by atoms with Gasteiger partial charge >= 0.3 is 6.09 Å². The molecule has 1 amide bonds. The van der Waals surface area contributed by atoms with Crippen molar-refractivity contribution in [1.29, 1.82) is 0 Å². The lowest BCUT2D eigenvalue weighted by Crippen LogP contribution is -2.70. The highest BCUT2D eigenvalue weighted by Crippen LogP contribution is 2.62. The smallest absolute Gasteiger partial charge is 0.410 e. The average Bonchev–Trinajstić information content (AvgIpc) is 3.36. The van der Waals surface area contributed by atoms with E-state index in [-0.39, 0.29) is 62.8 Å². The number of non-ortho nitro benzene ring substituents is 1. The number of oxime groups is 1. The van der Waals surface area contributed by atoms with Crippen LogP contribution in [0.4, 0.5) is 10.5 Å². The van der Waals surface area contributed by atoms with Gasteiger partial charge in [-0.15, -0.1) is 13.2 Å². The predicted octanol–water partition coefficient (Wildman–Crippen LogP) is 10.9. The van der Waals surface area contributed by atoms with E-state index in [0.717, 1.165) is 66.0 Å². The molecule has 4 aromatic carbocycles. The molecular weight excluding hydrogens is 867 g/mol. The van der Waals surface area contributed by atoms with Gasteiger partial charge in [0.15, 0.2) is 0 Å². The van der Waals surface area contributed by atoms with Gasteiger partial charge < -0.3 is 38.7 Å². The highest BCUT2D eigenvalue weighted by atomic mass is 16.8. The molecule has 1 saturated heterocycles. The molecule has 0 bridgehead atoms. The highest BCUT2D eigenvalue weighted by Gasteiger charge is 2.66. The maximum Gasteiger partial charge on any atom is 0.410 e. The standard InChI is InChI=1S/C54H63N3O11/c1-3-5-30-64-53(60)56(36-39-19-14-18-37-16-6-7-22-43(37)39)49-35-47(55-68-50-24-10-13-31-63-50)45-32-38(17-8-11-27-58)44(23-9-12-28-59)51-46-34-42(66-41-21-15-20-40(33-41)57(61)62)25-26-48(46)67-54(49,52(45)51)65-29-4-2/h3-4,6-7,14-16,18-22,25-26,32-34,38,44,49-52,58-59H,1-2,5,8-13,17,23-24,27-31,35-36H2/t38-,44+,49-,50?,51+,52+,54+/m0/s1. The summed E-state index contributed by atoms with van der Waals surface area (Å²) in [5.74, 6) is -1.25. The van der Waals surface area contributed by atoms with Crippen LogP contribution < -0.4 is 9.47 Å². The number of carbonyl (C=O) groups is 1. The number of nitro groups is 1. The summed E-state index contributed by atoms with van der Waals surface area (Å²) in [6.07, 6.45) is 12.0. The van der Waals surface area contributed by atoms with Crippen LogP contribution in [0, 0.1) is 27.9 Å². The zero-order valence-corrected chi connectivity index (χ0v) is 38.6. The Morgan fingerprint density at radius 2 is 1.74 bits per heavy atom. The topological polar surface area (TPSA) is 172 Å². The summed E-state index contributed by atoms with van der Waals surface area (Å²) in [5, 5.41) is 38.8. The molecule has 360 valence electrons. The third kappa shape index (κ3) is 10.6. The quantitative estimate of drug-likeness (QED) is 0.0332. The molecule has 14 nitrogen and oxygen atoms in total. The third-order valence-corrected chi connectivity index (χ3v) is 13.7. The first-order valence-electron chi connectivity index (χ1n) is 24.1. The maximum atomic E-state index is 15.0. The van der Waals surface area contributed by atoms with Gasteiger partial charge in [-0.25, -0.2) is 4.79 Å². The van der Waals surface area contributed by atoms with Crippen LogP contribution >= 0.6 is 0 Å². The summed E-state index contributed by atoms with van der Waals surface area (Å²) in [6.45, 7) is 8.93. The maximum absolute atomic E-state index is 15.0. The molecule has 0 radical (unpaired) electrons. The Morgan fingerprint density at radius 1 is 0.941 bits per heavy atom. The van der Waals surface area contributed by atoms with E-state index < -0.39 is 35.1 Å². The Bertz CT molecular complexity index is 2460. The molecule has 2 aliphatic heterocycles. The van der Waals surface area contributed by atoms with Gasteiger partial charge in [0, 0.05) is 43.6 Å². The first-order chi connectivity index (χ1) is 33.3. The van der Waals surface area contributed by atoms with Crippen LogP contribution in [-0.4, -0.2) is 83.0 Å². The molecule has 1 unspecified atom stereocenters. The van der Waals surface area contributed by atoms with E-state index in [0.29, 0.717) is 55.3 Å². The normalized spacial score (nSPS) is 24.4. The molecule has 2 fully saturated rings. The van der Waals surface area contributed by atoms with Gasteiger partial charge in [-0.1, -0.05) is 84.8 Å². The second-order valence-electron chi connectivity index (χ2n) is 18.0. The Hall–Kier alpha value is -6.06. The number of carbonyl (C=O) groups excluding carboxylic acids is 1. The average molecular weight is 930 g/mol. The zero-order chi connectivity index (χ0) is 47.5. The zero-order valence-electron chi connectivity index (χ0n) is 38.6. The number of aliphatic hydroxyl groups excluding tert-OH is 2. The van der Waals surface area contributed by atoms with Crippen molar-refractivity contribution in [2.75, 3.05) is 33.0 Å². The van der Waals surface area contributed by atoms with E-state index in [1.165, 1.54) is 12.1 Å². The monoisotopic (exact) mass is 929 g/mol. The lowest BCUT2D eigenvalue weighted by molar-refractivity contribution is -0.384. The number of hydrogen-bond acceptors (Lipinski definition) is 12. The van der Waals surface area contributed by atoms with Crippen LogP contribution in [0.5, 0.6) is 17.2 Å². The van der Waals surface area contributed by atoms with Crippen LogP contribution in [0.1, 0.15) is 87.7 Å². The Morgan fingerprint density at radius 3 is 2.51 bits per heavy atom. The number of nitrogens with zero attached hydrogens (tertiary/aromatic N) is 3. The summed E-state index contributed by atoms with van der Waals surface area (Å²) in [7, 11) is 0. The molecule has 68 heavy (non-hydrogen) atoms. The number of fused-ring (bicyclic) bond motifs is 3. The molecule has 0 aromatic heterocycles. The first kappa shape index (κ1) is 48.4. The number of aliphatic hydroxyl groups is 2. The number of hydrogen-bond donors (Lipinski definition) is 2. The van der Waals surface area contributed by atoms with Gasteiger partial charge in [0.25, 0.3) is 5.69 Å². The van der Waals surface area contributed by atoms with Crippen molar-refractivity contribution in [3.05, 3.63) is 143 Å². The summed E-state index contributed by atoms with van der Waals surface area (Å²) in [5.41, 5.74) is 3.16. The van der Waals surface area contributed by atoms with Crippen LogP contribution in [0.15, 0.2) is 127 Å². The van der Waals surface area contributed by atoms with Crippen molar-refractivity contribution in [2.24, 2.45) is 22.9 Å². The van der Waals surface area contributed by atoms with E-state index in [2.05, 4.69) is 19.2 Å². The van der Waals surface area contributed by atoms with E-state index in [9.17, 15) is 20.3 Å². The van der Waals surface area contributed by atoms with Gasteiger partial charge in [0.1, 0.15) is 23.3 Å². The number of benzene rings is 4. The predicted molar refractivity (Wildman–Crippen MR) is 258 cm³/mol. The summed E-state index contributed by atoms with van der Waals surface area (Å²) < 4.78 is 33.2. The number of ether oxygens (including phenoxy) is 5. The van der Waals surface area contributed by atoms with Gasteiger partial charge in [0.05, 0.1) is 49.0 Å². The summed E-state index contributed by atoms with van der Waals surface area (Å²) in [6, 6.07) is 24.9. The molecular formula is C54H63N3O11. The minimum Gasteiger partial charge on any atom is -0.459 e. The van der Waals surface area contributed by atoms with Crippen molar-refractivity contribution in [3.8, 4) is 17.2 Å². The van der Waals surface area contributed by atoms with E-state index >= 15 is 4.79 Å². The summed E-state index contributed by atoms with van der Waals surface area (Å²) >= 11 is 0. The second-order valence-corrected chi connectivity index (χ2v) is 18.0. The van der Waals surface area contributed by atoms with E-state index in [4.69, 9.17) is 33.7 Å².